The van der Waals surface area contributed by atoms with Crippen molar-refractivity contribution in [3.8, 4) is 11.5 Å². The minimum atomic E-state index is 0. The Kier molecular flexibility index (Phi) is 8.93. The third kappa shape index (κ3) is 5.87. The maximum absolute atomic E-state index is 12.3. The van der Waals surface area contributed by atoms with Gasteiger partial charge in [-0.25, -0.2) is 0 Å². The van der Waals surface area contributed by atoms with Crippen LogP contribution in [-0.4, -0.2) is 32.7 Å². The van der Waals surface area contributed by atoms with Gasteiger partial charge in [-0.05, 0) is 56.8 Å². The molecule has 0 spiro atoms. The van der Waals surface area contributed by atoms with Crippen molar-refractivity contribution in [1.29, 1.82) is 0 Å². The Morgan fingerprint density at radius 2 is 2.04 bits per heavy atom. The van der Waals surface area contributed by atoms with E-state index in [9.17, 15) is 4.79 Å². The van der Waals surface area contributed by atoms with Gasteiger partial charge >= 0.3 is 0 Å². The van der Waals surface area contributed by atoms with E-state index in [4.69, 9.17) is 9.47 Å². The van der Waals surface area contributed by atoms with Gasteiger partial charge in [0, 0.05) is 18.2 Å². The molecule has 0 bridgehead atoms. The van der Waals surface area contributed by atoms with E-state index in [2.05, 4.69) is 17.6 Å². The lowest BCUT2D eigenvalue weighted by Crippen LogP contribution is -2.32. The molecule has 1 fully saturated rings. The zero-order valence-electron chi connectivity index (χ0n) is 14.8. The summed E-state index contributed by atoms with van der Waals surface area (Å²) in [7, 11) is 1.60. The maximum atomic E-state index is 12.3. The first-order chi connectivity index (χ1) is 11.1. The molecule has 2 rings (SSSR count). The molecular formula is C18H29ClN2O3. The summed E-state index contributed by atoms with van der Waals surface area (Å²) >= 11 is 0. The number of methoxy groups -OCH3 is 1. The Hall–Kier alpha value is -1.46. The van der Waals surface area contributed by atoms with Crippen LogP contribution in [0.15, 0.2) is 18.2 Å². The molecule has 0 aliphatic carbocycles. The molecule has 1 unspecified atom stereocenters. The summed E-state index contributed by atoms with van der Waals surface area (Å²) in [6.07, 6.45) is 2.87. The van der Waals surface area contributed by atoms with Crippen molar-refractivity contribution < 1.29 is 14.3 Å². The van der Waals surface area contributed by atoms with Crippen LogP contribution >= 0.6 is 12.4 Å². The third-order valence-electron chi connectivity index (χ3n) is 4.44. The first kappa shape index (κ1) is 20.6. The molecule has 2 N–H and O–H groups in total. The molecule has 1 amide bonds. The van der Waals surface area contributed by atoms with E-state index in [-0.39, 0.29) is 18.3 Å². The largest absolute Gasteiger partial charge is 0.493 e. The number of anilines is 1. The van der Waals surface area contributed by atoms with Crippen LogP contribution in [0.4, 0.5) is 5.69 Å². The number of hydrogen-bond donors (Lipinski definition) is 2. The fraction of sp³-hybridized carbons (Fsp3) is 0.611. The normalized spacial score (nSPS) is 16.0. The molecule has 1 aliphatic rings. The molecule has 1 saturated heterocycles. The molecule has 0 saturated carbocycles. The molecule has 1 aromatic carbocycles. The average Bonchev–Trinajstić information content (AvgIpc) is 2.57. The first-order valence-electron chi connectivity index (χ1n) is 8.45. The summed E-state index contributed by atoms with van der Waals surface area (Å²) in [5.74, 6) is 2.42. The molecule has 1 aliphatic heterocycles. The zero-order valence-corrected chi connectivity index (χ0v) is 15.6. The van der Waals surface area contributed by atoms with Crippen LogP contribution < -0.4 is 20.1 Å². The lowest BCUT2D eigenvalue weighted by molar-refractivity contribution is -0.117. The van der Waals surface area contributed by atoms with Gasteiger partial charge in [0.1, 0.15) is 0 Å². The molecule has 0 radical (unpaired) electrons. The van der Waals surface area contributed by atoms with E-state index in [0.29, 0.717) is 36.4 Å². The fourth-order valence-electron chi connectivity index (χ4n) is 3.10. The Balaban J connectivity index is 0.00000288. The summed E-state index contributed by atoms with van der Waals surface area (Å²) < 4.78 is 10.8. The number of carbonyl (C=O) groups excluding carboxylic acids is 1. The highest BCUT2D eigenvalue weighted by Gasteiger charge is 2.22. The number of halogens is 1. The fourth-order valence-corrected chi connectivity index (χ4v) is 3.10. The van der Waals surface area contributed by atoms with E-state index in [1.807, 2.05) is 19.1 Å². The van der Waals surface area contributed by atoms with Crippen molar-refractivity contribution >= 4 is 24.0 Å². The van der Waals surface area contributed by atoms with Crippen LogP contribution in [0.1, 0.15) is 33.1 Å². The number of nitrogens with one attached hydrogen (secondary N) is 2. The second-order valence-corrected chi connectivity index (χ2v) is 6.12. The summed E-state index contributed by atoms with van der Waals surface area (Å²) in [6.45, 7) is 6.81. The molecule has 24 heavy (non-hydrogen) atoms. The molecule has 5 nitrogen and oxygen atoms in total. The van der Waals surface area contributed by atoms with Crippen LogP contribution in [0.5, 0.6) is 11.5 Å². The van der Waals surface area contributed by atoms with E-state index in [1.165, 1.54) is 0 Å². The molecule has 0 aromatic heterocycles. The van der Waals surface area contributed by atoms with Crippen molar-refractivity contribution in [1.82, 2.24) is 5.32 Å². The number of benzene rings is 1. The number of piperidine rings is 1. The number of hydrogen-bond acceptors (Lipinski definition) is 4. The molecule has 136 valence electrons. The predicted molar refractivity (Wildman–Crippen MR) is 99.4 cm³/mol. The second kappa shape index (κ2) is 10.4. The van der Waals surface area contributed by atoms with E-state index < -0.39 is 0 Å². The predicted octanol–water partition coefficient (Wildman–Crippen LogP) is 3.48. The summed E-state index contributed by atoms with van der Waals surface area (Å²) in [5, 5.41) is 6.33. The van der Waals surface area contributed by atoms with Crippen LogP contribution in [0.2, 0.25) is 0 Å². The standard InChI is InChI=1S/C18H28N2O3.ClH/c1-4-23-16-6-5-15(12-17(16)22-3)20-18(21)11-13(2)14-7-9-19-10-8-14;/h5-6,12-14,19H,4,7-11H2,1-3H3,(H,20,21);1H. The Bertz CT molecular complexity index is 519. The van der Waals surface area contributed by atoms with Crippen LogP contribution in [0, 0.1) is 11.8 Å². The van der Waals surface area contributed by atoms with E-state index >= 15 is 0 Å². The van der Waals surface area contributed by atoms with Crippen molar-refractivity contribution in [2.75, 3.05) is 32.1 Å². The minimum absolute atomic E-state index is 0. The highest BCUT2D eigenvalue weighted by Crippen LogP contribution is 2.30. The molecule has 1 aromatic rings. The Morgan fingerprint density at radius 1 is 1.33 bits per heavy atom. The maximum Gasteiger partial charge on any atom is 0.224 e. The summed E-state index contributed by atoms with van der Waals surface area (Å²) in [5.41, 5.74) is 0.743. The Morgan fingerprint density at radius 3 is 2.67 bits per heavy atom. The van der Waals surface area contributed by atoms with E-state index in [1.54, 1.807) is 13.2 Å². The summed E-state index contributed by atoms with van der Waals surface area (Å²) in [4.78, 5) is 12.3. The molecular weight excluding hydrogens is 328 g/mol. The highest BCUT2D eigenvalue weighted by atomic mass is 35.5. The van der Waals surface area contributed by atoms with Gasteiger partial charge in [-0.2, -0.15) is 0 Å². The van der Waals surface area contributed by atoms with Crippen LogP contribution in [0.25, 0.3) is 0 Å². The quantitative estimate of drug-likeness (QED) is 0.785. The third-order valence-corrected chi connectivity index (χ3v) is 4.44. The van der Waals surface area contributed by atoms with Gasteiger partial charge in [-0.1, -0.05) is 6.92 Å². The van der Waals surface area contributed by atoms with Crippen molar-refractivity contribution in [3.05, 3.63) is 18.2 Å². The number of amides is 1. The van der Waals surface area contributed by atoms with Gasteiger partial charge in [-0.15, -0.1) is 12.4 Å². The smallest absolute Gasteiger partial charge is 0.224 e. The van der Waals surface area contributed by atoms with E-state index in [0.717, 1.165) is 31.6 Å². The zero-order chi connectivity index (χ0) is 16.7. The average molecular weight is 357 g/mol. The molecule has 6 heteroatoms. The van der Waals surface area contributed by atoms with Gasteiger partial charge < -0.3 is 20.1 Å². The lowest BCUT2D eigenvalue weighted by atomic mass is 9.84. The van der Waals surface area contributed by atoms with Gasteiger partial charge in [0.2, 0.25) is 5.91 Å². The van der Waals surface area contributed by atoms with Crippen LogP contribution in [-0.2, 0) is 4.79 Å². The number of carbonyl (C=O) groups is 1. The second-order valence-electron chi connectivity index (χ2n) is 6.12. The van der Waals surface area contributed by atoms with Crippen LogP contribution in [0.3, 0.4) is 0 Å². The number of rotatable bonds is 7. The minimum Gasteiger partial charge on any atom is -0.493 e. The van der Waals surface area contributed by atoms with Gasteiger partial charge in [0.15, 0.2) is 11.5 Å². The van der Waals surface area contributed by atoms with Gasteiger partial charge in [0.05, 0.1) is 13.7 Å². The Labute approximate surface area is 150 Å². The topological polar surface area (TPSA) is 59.6 Å². The first-order valence-corrected chi connectivity index (χ1v) is 8.45. The molecule has 1 atom stereocenters. The van der Waals surface area contributed by atoms with Gasteiger partial charge in [-0.3, -0.25) is 4.79 Å². The SMILES string of the molecule is CCOc1ccc(NC(=O)CC(C)C2CCNCC2)cc1OC.Cl. The van der Waals surface area contributed by atoms with Gasteiger partial charge in [0.25, 0.3) is 0 Å². The van der Waals surface area contributed by atoms with Crippen molar-refractivity contribution in [2.45, 2.75) is 33.1 Å². The highest BCUT2D eigenvalue weighted by molar-refractivity contribution is 5.91. The van der Waals surface area contributed by atoms with Crippen molar-refractivity contribution in [2.24, 2.45) is 11.8 Å². The number of ether oxygens (including phenoxy) is 2. The molecule has 1 heterocycles. The monoisotopic (exact) mass is 356 g/mol. The lowest BCUT2D eigenvalue weighted by Gasteiger charge is -2.27. The summed E-state index contributed by atoms with van der Waals surface area (Å²) in [6, 6.07) is 5.48. The van der Waals surface area contributed by atoms with Crippen molar-refractivity contribution in [3.63, 3.8) is 0 Å².